The van der Waals surface area contributed by atoms with Crippen LogP contribution in [0.15, 0.2) is 6.07 Å². The van der Waals surface area contributed by atoms with Crippen molar-refractivity contribution in [2.45, 2.75) is 44.8 Å². The van der Waals surface area contributed by atoms with Gasteiger partial charge < -0.3 is 16.4 Å². The van der Waals surface area contributed by atoms with Crippen molar-refractivity contribution in [3.05, 3.63) is 6.07 Å². The van der Waals surface area contributed by atoms with Gasteiger partial charge in [-0.1, -0.05) is 20.8 Å². The summed E-state index contributed by atoms with van der Waals surface area (Å²) in [5.74, 6) is 1.87. The van der Waals surface area contributed by atoms with Crippen LogP contribution in [0.1, 0.15) is 40.0 Å². The van der Waals surface area contributed by atoms with Crippen LogP contribution in [0.4, 0.5) is 17.6 Å². The van der Waals surface area contributed by atoms with Crippen LogP contribution >= 0.6 is 11.8 Å². The number of nitrogens with two attached hydrogens (primary N) is 1. The lowest BCUT2D eigenvalue weighted by atomic mass is 10.0. The van der Waals surface area contributed by atoms with Crippen molar-refractivity contribution in [1.29, 1.82) is 0 Å². The van der Waals surface area contributed by atoms with Crippen molar-refractivity contribution < 1.29 is 0 Å². The highest BCUT2D eigenvalue weighted by Gasteiger charge is 2.24. The fourth-order valence-electron chi connectivity index (χ4n) is 2.01. The van der Waals surface area contributed by atoms with Gasteiger partial charge in [0.2, 0.25) is 5.95 Å². The zero-order chi connectivity index (χ0) is 15.0. The lowest BCUT2D eigenvalue weighted by Gasteiger charge is -2.30. The molecular weight excluding hydrogens is 270 g/mol. The maximum atomic E-state index is 5.76. The predicted molar refractivity (Wildman–Crippen MR) is 90.5 cm³/mol. The first kappa shape index (κ1) is 16.9. The van der Waals surface area contributed by atoms with E-state index in [1.165, 1.54) is 0 Å². The second-order valence-corrected chi connectivity index (χ2v) is 6.15. The van der Waals surface area contributed by atoms with Crippen molar-refractivity contribution in [1.82, 2.24) is 9.97 Å². The van der Waals surface area contributed by atoms with Gasteiger partial charge in [-0.05, 0) is 25.5 Å². The average Bonchev–Trinajstić information content (AvgIpc) is 2.47. The van der Waals surface area contributed by atoms with E-state index in [2.05, 4.69) is 47.6 Å². The summed E-state index contributed by atoms with van der Waals surface area (Å²) in [5.41, 5.74) is 5.76. The topological polar surface area (TPSA) is 75.9 Å². The Kier molecular flexibility index (Phi) is 6.91. The fourth-order valence-corrected chi connectivity index (χ4v) is 2.81. The van der Waals surface area contributed by atoms with Gasteiger partial charge in [0.25, 0.3) is 0 Å². The summed E-state index contributed by atoms with van der Waals surface area (Å²) < 4.78 is 0.247. The highest BCUT2D eigenvalue weighted by atomic mass is 32.2. The number of rotatable bonds is 9. The molecule has 0 aliphatic carbocycles. The van der Waals surface area contributed by atoms with E-state index in [-0.39, 0.29) is 4.75 Å². The number of nitrogen functional groups attached to an aromatic ring is 1. The molecule has 4 N–H and O–H groups in total. The third-order valence-corrected chi connectivity index (χ3v) is 5.20. The van der Waals surface area contributed by atoms with Gasteiger partial charge in [-0.3, -0.25) is 0 Å². The molecule has 1 rings (SSSR count). The summed E-state index contributed by atoms with van der Waals surface area (Å²) in [4.78, 5) is 8.44. The minimum Gasteiger partial charge on any atom is -0.370 e. The smallest absolute Gasteiger partial charge is 0.223 e. The molecule has 0 amide bonds. The SMILES string of the molecule is CCCNc1cc(NCC(CC)(CC)SC)nc(N)n1. The maximum Gasteiger partial charge on any atom is 0.223 e. The Bertz CT molecular complexity index is 398. The molecule has 0 aliphatic heterocycles. The molecule has 5 nitrogen and oxygen atoms in total. The van der Waals surface area contributed by atoms with Crippen LogP contribution in [0.3, 0.4) is 0 Å². The van der Waals surface area contributed by atoms with Gasteiger partial charge in [0.15, 0.2) is 0 Å². The number of aromatic nitrogens is 2. The molecule has 0 spiro atoms. The van der Waals surface area contributed by atoms with Gasteiger partial charge in [-0.25, -0.2) is 0 Å². The zero-order valence-corrected chi connectivity index (χ0v) is 13.8. The Hall–Kier alpha value is -1.17. The number of thioether (sulfide) groups is 1. The molecule has 0 aromatic carbocycles. The van der Waals surface area contributed by atoms with Gasteiger partial charge in [-0.15, -0.1) is 0 Å². The molecule has 1 aromatic heterocycles. The quantitative estimate of drug-likeness (QED) is 0.650. The van der Waals surface area contributed by atoms with E-state index in [0.29, 0.717) is 5.95 Å². The third kappa shape index (κ3) is 4.74. The van der Waals surface area contributed by atoms with Gasteiger partial charge >= 0.3 is 0 Å². The first-order valence-electron chi connectivity index (χ1n) is 7.26. The Morgan fingerprint density at radius 1 is 1.15 bits per heavy atom. The fraction of sp³-hybridized carbons (Fsp3) is 0.714. The molecule has 0 bridgehead atoms. The summed E-state index contributed by atoms with van der Waals surface area (Å²) >= 11 is 1.91. The molecule has 0 fully saturated rings. The highest BCUT2D eigenvalue weighted by Crippen LogP contribution is 2.30. The molecule has 1 heterocycles. The van der Waals surface area contributed by atoms with Crippen LogP contribution in [0.5, 0.6) is 0 Å². The molecule has 20 heavy (non-hydrogen) atoms. The molecule has 0 saturated heterocycles. The van der Waals surface area contributed by atoms with Gasteiger partial charge in [-0.2, -0.15) is 21.7 Å². The van der Waals surface area contributed by atoms with E-state index < -0.39 is 0 Å². The van der Waals surface area contributed by atoms with E-state index >= 15 is 0 Å². The summed E-state index contributed by atoms with van der Waals surface area (Å²) in [7, 11) is 0. The van der Waals surface area contributed by atoms with E-state index in [1.807, 2.05) is 17.8 Å². The van der Waals surface area contributed by atoms with E-state index in [0.717, 1.165) is 44.0 Å². The molecule has 1 aromatic rings. The van der Waals surface area contributed by atoms with E-state index in [9.17, 15) is 0 Å². The molecule has 0 unspecified atom stereocenters. The monoisotopic (exact) mass is 297 g/mol. The summed E-state index contributed by atoms with van der Waals surface area (Å²) in [6.07, 6.45) is 5.46. The Balaban J connectivity index is 2.74. The molecule has 0 atom stereocenters. The van der Waals surface area contributed by atoms with E-state index in [4.69, 9.17) is 5.73 Å². The number of nitrogens with one attached hydrogen (secondary N) is 2. The molecule has 0 aliphatic rings. The minimum atomic E-state index is 0.247. The van der Waals surface area contributed by atoms with Crippen LogP contribution in [-0.2, 0) is 0 Å². The third-order valence-electron chi connectivity index (χ3n) is 3.61. The second-order valence-electron chi connectivity index (χ2n) is 4.87. The van der Waals surface area contributed by atoms with Crippen molar-refractivity contribution in [3.63, 3.8) is 0 Å². The molecule has 6 heteroatoms. The Morgan fingerprint density at radius 3 is 2.25 bits per heavy atom. The number of hydrogen-bond donors (Lipinski definition) is 3. The Labute approximate surface area is 126 Å². The molecule has 0 radical (unpaired) electrons. The molecule has 0 saturated carbocycles. The Morgan fingerprint density at radius 2 is 1.75 bits per heavy atom. The van der Waals surface area contributed by atoms with Crippen LogP contribution in [0.25, 0.3) is 0 Å². The maximum absolute atomic E-state index is 5.76. The van der Waals surface area contributed by atoms with Crippen LogP contribution < -0.4 is 16.4 Å². The molecular formula is C14H27N5S. The average molecular weight is 297 g/mol. The highest BCUT2D eigenvalue weighted by molar-refractivity contribution is 8.00. The largest absolute Gasteiger partial charge is 0.370 e. The standard InChI is InChI=1S/C14H27N5S/c1-5-8-16-11-9-12(19-13(15)18-11)17-10-14(6-2,7-3)20-4/h9H,5-8,10H2,1-4H3,(H4,15,16,17,18,19). The molecule has 114 valence electrons. The van der Waals surface area contributed by atoms with Crippen molar-refractivity contribution in [2.24, 2.45) is 0 Å². The van der Waals surface area contributed by atoms with Crippen molar-refractivity contribution in [2.75, 3.05) is 35.7 Å². The number of nitrogens with zero attached hydrogens (tertiary/aromatic N) is 2. The summed E-state index contributed by atoms with van der Waals surface area (Å²) in [6, 6.07) is 1.92. The summed E-state index contributed by atoms with van der Waals surface area (Å²) in [6.45, 7) is 8.33. The van der Waals surface area contributed by atoms with E-state index in [1.54, 1.807) is 0 Å². The normalized spacial score (nSPS) is 11.4. The minimum absolute atomic E-state index is 0.247. The van der Waals surface area contributed by atoms with Gasteiger partial charge in [0.1, 0.15) is 11.6 Å². The first-order valence-corrected chi connectivity index (χ1v) is 8.49. The lowest BCUT2D eigenvalue weighted by molar-refractivity contribution is 0.574. The second kappa shape index (κ2) is 8.19. The lowest BCUT2D eigenvalue weighted by Crippen LogP contribution is -2.32. The first-order chi connectivity index (χ1) is 9.59. The summed E-state index contributed by atoms with van der Waals surface area (Å²) in [5, 5.41) is 6.64. The number of hydrogen-bond acceptors (Lipinski definition) is 6. The van der Waals surface area contributed by atoms with Crippen LogP contribution in [0, 0.1) is 0 Å². The predicted octanol–water partition coefficient (Wildman–Crippen LogP) is 3.21. The number of anilines is 3. The van der Waals surface area contributed by atoms with Crippen molar-refractivity contribution >= 4 is 29.3 Å². The van der Waals surface area contributed by atoms with Crippen molar-refractivity contribution in [3.8, 4) is 0 Å². The van der Waals surface area contributed by atoms with Gasteiger partial charge in [0, 0.05) is 23.9 Å². The van der Waals surface area contributed by atoms with Crippen LogP contribution in [-0.4, -0.2) is 34.1 Å². The van der Waals surface area contributed by atoms with Crippen LogP contribution in [0.2, 0.25) is 0 Å². The zero-order valence-electron chi connectivity index (χ0n) is 13.0. The van der Waals surface area contributed by atoms with Gasteiger partial charge in [0.05, 0.1) is 0 Å².